The van der Waals surface area contributed by atoms with Crippen LogP contribution in [0.15, 0.2) is 12.1 Å². The predicted molar refractivity (Wildman–Crippen MR) is 61.9 cm³/mol. The lowest BCUT2D eigenvalue weighted by molar-refractivity contribution is -0.142. The summed E-state index contributed by atoms with van der Waals surface area (Å²) in [5, 5.41) is 0.483. The second-order valence-corrected chi connectivity index (χ2v) is 3.75. The Kier molecular flexibility index (Phi) is 4.50. The van der Waals surface area contributed by atoms with Crippen molar-refractivity contribution in [2.45, 2.75) is 20.3 Å². The van der Waals surface area contributed by atoms with Gasteiger partial charge in [-0.1, -0.05) is 11.6 Å². The standard InChI is InChI=1S/C12H13ClO3/c1-3-16-12(15)6-10-8(2)9(7-14)4-5-11(10)13/h4-5,7H,3,6H2,1-2H3. The molecule has 0 unspecified atom stereocenters. The molecule has 16 heavy (non-hydrogen) atoms. The zero-order valence-electron chi connectivity index (χ0n) is 9.25. The van der Waals surface area contributed by atoms with Crippen LogP contribution in [-0.4, -0.2) is 18.9 Å². The number of aldehydes is 1. The minimum absolute atomic E-state index is 0.0974. The monoisotopic (exact) mass is 240 g/mol. The van der Waals surface area contributed by atoms with Crippen LogP contribution in [0.1, 0.15) is 28.4 Å². The third-order valence-electron chi connectivity index (χ3n) is 2.34. The molecule has 0 fully saturated rings. The summed E-state index contributed by atoms with van der Waals surface area (Å²) in [5.41, 5.74) is 1.93. The maximum atomic E-state index is 11.3. The number of ether oxygens (including phenoxy) is 1. The van der Waals surface area contributed by atoms with E-state index in [4.69, 9.17) is 16.3 Å². The molecule has 0 heterocycles. The first kappa shape index (κ1) is 12.7. The summed E-state index contributed by atoms with van der Waals surface area (Å²) in [7, 11) is 0. The fraction of sp³-hybridized carbons (Fsp3) is 0.333. The number of benzene rings is 1. The Bertz CT molecular complexity index is 413. The molecular formula is C12H13ClO3. The minimum Gasteiger partial charge on any atom is -0.466 e. The molecule has 0 bridgehead atoms. The second kappa shape index (κ2) is 5.66. The molecule has 0 aromatic heterocycles. The molecule has 0 spiro atoms. The first-order valence-corrected chi connectivity index (χ1v) is 5.36. The van der Waals surface area contributed by atoms with Crippen LogP contribution in [0.3, 0.4) is 0 Å². The summed E-state index contributed by atoms with van der Waals surface area (Å²) in [5.74, 6) is -0.337. The normalized spacial score (nSPS) is 9.94. The third kappa shape index (κ3) is 2.83. The van der Waals surface area contributed by atoms with Gasteiger partial charge in [0.15, 0.2) is 0 Å². The van der Waals surface area contributed by atoms with E-state index in [0.29, 0.717) is 22.8 Å². The fourth-order valence-corrected chi connectivity index (χ4v) is 1.71. The molecule has 0 saturated heterocycles. The summed E-state index contributed by atoms with van der Waals surface area (Å²) < 4.78 is 4.84. The summed E-state index contributed by atoms with van der Waals surface area (Å²) in [6, 6.07) is 3.26. The van der Waals surface area contributed by atoms with Gasteiger partial charge in [-0.2, -0.15) is 0 Å². The van der Waals surface area contributed by atoms with Crippen molar-refractivity contribution in [1.82, 2.24) is 0 Å². The highest BCUT2D eigenvalue weighted by atomic mass is 35.5. The van der Waals surface area contributed by atoms with Gasteiger partial charge in [-0.3, -0.25) is 9.59 Å². The number of esters is 1. The first-order valence-electron chi connectivity index (χ1n) is 4.99. The summed E-state index contributed by atoms with van der Waals surface area (Å²) in [6.45, 7) is 3.85. The average Bonchev–Trinajstić information content (AvgIpc) is 2.25. The molecule has 0 radical (unpaired) electrons. The van der Waals surface area contributed by atoms with Crippen LogP contribution in [0.25, 0.3) is 0 Å². The second-order valence-electron chi connectivity index (χ2n) is 3.34. The van der Waals surface area contributed by atoms with E-state index in [2.05, 4.69) is 0 Å². The highest BCUT2D eigenvalue weighted by molar-refractivity contribution is 6.31. The molecule has 86 valence electrons. The van der Waals surface area contributed by atoms with Crippen molar-refractivity contribution in [3.63, 3.8) is 0 Å². The topological polar surface area (TPSA) is 43.4 Å². The quantitative estimate of drug-likeness (QED) is 0.600. The highest BCUT2D eigenvalue weighted by Gasteiger charge is 2.12. The van der Waals surface area contributed by atoms with E-state index in [1.54, 1.807) is 26.0 Å². The van der Waals surface area contributed by atoms with E-state index in [0.717, 1.165) is 11.8 Å². The highest BCUT2D eigenvalue weighted by Crippen LogP contribution is 2.23. The molecule has 0 amide bonds. The van der Waals surface area contributed by atoms with Crippen molar-refractivity contribution in [2.24, 2.45) is 0 Å². The lowest BCUT2D eigenvalue weighted by Crippen LogP contribution is -2.09. The van der Waals surface area contributed by atoms with Crippen LogP contribution in [0.4, 0.5) is 0 Å². The third-order valence-corrected chi connectivity index (χ3v) is 2.69. The van der Waals surface area contributed by atoms with Gasteiger partial charge >= 0.3 is 5.97 Å². The smallest absolute Gasteiger partial charge is 0.310 e. The summed E-state index contributed by atoms with van der Waals surface area (Å²) >= 11 is 5.98. The lowest BCUT2D eigenvalue weighted by Gasteiger charge is -2.09. The average molecular weight is 241 g/mol. The van der Waals surface area contributed by atoms with Crippen LogP contribution in [0, 0.1) is 6.92 Å². The molecule has 0 N–H and O–H groups in total. The van der Waals surface area contributed by atoms with Crippen LogP contribution in [0.2, 0.25) is 5.02 Å². The molecule has 0 aliphatic rings. The van der Waals surface area contributed by atoms with Crippen LogP contribution < -0.4 is 0 Å². The van der Waals surface area contributed by atoms with Crippen LogP contribution >= 0.6 is 11.6 Å². The zero-order chi connectivity index (χ0) is 12.1. The van der Waals surface area contributed by atoms with E-state index in [9.17, 15) is 9.59 Å². The maximum absolute atomic E-state index is 11.3. The van der Waals surface area contributed by atoms with Crippen molar-refractivity contribution in [1.29, 1.82) is 0 Å². The molecule has 1 aromatic rings. The van der Waals surface area contributed by atoms with Crippen molar-refractivity contribution in [2.75, 3.05) is 6.61 Å². The maximum Gasteiger partial charge on any atom is 0.310 e. The summed E-state index contributed by atoms with van der Waals surface area (Å²) in [4.78, 5) is 22.1. The number of rotatable bonds is 4. The molecule has 1 rings (SSSR count). The van der Waals surface area contributed by atoms with Gasteiger partial charge in [-0.15, -0.1) is 0 Å². The van der Waals surface area contributed by atoms with E-state index < -0.39 is 0 Å². The zero-order valence-corrected chi connectivity index (χ0v) is 10.0. The van der Waals surface area contributed by atoms with Gasteiger partial charge < -0.3 is 4.74 Å². The van der Waals surface area contributed by atoms with E-state index in [1.165, 1.54) is 0 Å². The number of hydrogen-bond acceptors (Lipinski definition) is 3. The lowest BCUT2D eigenvalue weighted by atomic mass is 10.0. The molecular weight excluding hydrogens is 228 g/mol. The number of halogens is 1. The molecule has 0 atom stereocenters. The molecule has 0 aliphatic heterocycles. The van der Waals surface area contributed by atoms with Crippen molar-refractivity contribution >= 4 is 23.9 Å². The van der Waals surface area contributed by atoms with Crippen LogP contribution in [-0.2, 0) is 16.0 Å². The van der Waals surface area contributed by atoms with Gasteiger partial charge in [-0.25, -0.2) is 0 Å². The van der Waals surface area contributed by atoms with Gasteiger partial charge in [0.2, 0.25) is 0 Å². The van der Waals surface area contributed by atoms with E-state index in [-0.39, 0.29) is 12.4 Å². The molecule has 3 nitrogen and oxygen atoms in total. The molecule has 1 aromatic carbocycles. The molecule has 0 aliphatic carbocycles. The Morgan fingerprint density at radius 3 is 2.75 bits per heavy atom. The Hall–Kier alpha value is -1.35. The van der Waals surface area contributed by atoms with Crippen LogP contribution in [0.5, 0.6) is 0 Å². The van der Waals surface area contributed by atoms with Gasteiger partial charge in [0.25, 0.3) is 0 Å². The van der Waals surface area contributed by atoms with Gasteiger partial charge in [-0.05, 0) is 37.1 Å². The Labute approximate surface area is 99.4 Å². The minimum atomic E-state index is -0.337. The fourth-order valence-electron chi connectivity index (χ4n) is 1.44. The Balaban J connectivity index is 3.02. The number of carbonyl (C=O) groups excluding carboxylic acids is 2. The largest absolute Gasteiger partial charge is 0.466 e. The van der Waals surface area contributed by atoms with Gasteiger partial charge in [0.05, 0.1) is 13.0 Å². The number of hydrogen-bond donors (Lipinski definition) is 0. The Morgan fingerprint density at radius 2 is 2.19 bits per heavy atom. The molecule has 0 saturated carbocycles. The van der Waals surface area contributed by atoms with Gasteiger partial charge in [0, 0.05) is 10.6 Å². The van der Waals surface area contributed by atoms with Crippen molar-refractivity contribution in [3.8, 4) is 0 Å². The first-order chi connectivity index (χ1) is 7.60. The van der Waals surface area contributed by atoms with Crippen molar-refractivity contribution < 1.29 is 14.3 Å². The summed E-state index contributed by atoms with van der Waals surface area (Å²) in [6.07, 6.45) is 0.848. The molecule has 4 heteroatoms. The Morgan fingerprint density at radius 1 is 1.50 bits per heavy atom. The van der Waals surface area contributed by atoms with Gasteiger partial charge in [0.1, 0.15) is 6.29 Å². The number of carbonyl (C=O) groups is 2. The van der Waals surface area contributed by atoms with E-state index in [1.807, 2.05) is 0 Å². The predicted octanol–water partition coefficient (Wildman–Crippen LogP) is 2.57. The SMILES string of the molecule is CCOC(=O)Cc1c(Cl)ccc(C=O)c1C. The van der Waals surface area contributed by atoms with E-state index >= 15 is 0 Å². The van der Waals surface area contributed by atoms with Crippen molar-refractivity contribution in [3.05, 3.63) is 33.8 Å².